The molecule has 0 atom stereocenters. The van der Waals surface area contributed by atoms with Crippen molar-refractivity contribution in [1.82, 2.24) is 0 Å². The molecule has 0 spiro atoms. The Labute approximate surface area is 197 Å². The number of aliphatic hydroxyl groups excluding tert-OH is 1. The Balaban J connectivity index is 0.000000569. The van der Waals surface area contributed by atoms with Crippen LogP contribution in [0.5, 0.6) is 5.75 Å². The number of likely N-dealkylation sites (N-methyl/N-ethyl adjacent to an activating group) is 1. The van der Waals surface area contributed by atoms with Crippen LogP contribution >= 0.6 is 11.3 Å². The van der Waals surface area contributed by atoms with Gasteiger partial charge in [-0.05, 0) is 66.7 Å². The van der Waals surface area contributed by atoms with Gasteiger partial charge in [0.15, 0.2) is 0 Å². The number of hydrogen-bond donors (Lipinski definition) is 1. The molecule has 1 heterocycles. The monoisotopic (exact) mass is 496 g/mol. The highest BCUT2D eigenvalue weighted by Crippen LogP contribution is 2.30. The van der Waals surface area contributed by atoms with Gasteiger partial charge in [0.1, 0.15) is 17.0 Å². The maximum Gasteiger partial charge on any atom is 0.409 e. The van der Waals surface area contributed by atoms with Crippen molar-refractivity contribution >= 4 is 48.5 Å². The van der Waals surface area contributed by atoms with Gasteiger partial charge in [-0.2, -0.15) is 0 Å². The summed E-state index contributed by atoms with van der Waals surface area (Å²) in [6, 6.07) is 14.0. The largest absolute Gasteiger partial charge is 0.726 e. The molecule has 0 amide bonds. The topological polar surface area (TPSA) is 128 Å². The van der Waals surface area contributed by atoms with Gasteiger partial charge in [-0.15, -0.1) is 0 Å². The lowest BCUT2D eigenvalue weighted by Crippen LogP contribution is -2.25. The highest BCUT2D eigenvalue weighted by molar-refractivity contribution is 7.80. The van der Waals surface area contributed by atoms with E-state index in [1.54, 1.807) is 11.3 Å². The number of aromatic nitrogens is 1. The summed E-state index contributed by atoms with van der Waals surface area (Å²) in [6.07, 6.45) is 0. The van der Waals surface area contributed by atoms with Gasteiger partial charge in [0.25, 0.3) is 0 Å². The number of azo groups is 1. The molecule has 0 fully saturated rings. The predicted molar refractivity (Wildman–Crippen MR) is 126 cm³/mol. The quantitative estimate of drug-likeness (QED) is 0.208. The minimum absolute atomic E-state index is 0.142. The predicted octanol–water partition coefficient (Wildman–Crippen LogP) is 3.45. The van der Waals surface area contributed by atoms with Crippen molar-refractivity contribution in [3.8, 4) is 5.75 Å². The summed E-state index contributed by atoms with van der Waals surface area (Å²) in [4.78, 5) is 2.11. The van der Waals surface area contributed by atoms with Gasteiger partial charge < -0.3 is 19.3 Å². The summed E-state index contributed by atoms with van der Waals surface area (Å²) in [5.41, 5.74) is 2.97. The van der Waals surface area contributed by atoms with Crippen molar-refractivity contribution in [2.75, 3.05) is 38.3 Å². The Bertz CT molecular complexity index is 1160. The van der Waals surface area contributed by atoms with E-state index in [4.69, 9.17) is 9.84 Å². The molecule has 1 N–H and O–H groups in total. The summed E-state index contributed by atoms with van der Waals surface area (Å²) in [5, 5.41) is 18.8. The second-order valence-corrected chi connectivity index (χ2v) is 8.76. The lowest BCUT2D eigenvalue weighted by atomic mass is 10.2. The third kappa shape index (κ3) is 8.02. The van der Waals surface area contributed by atoms with Crippen molar-refractivity contribution < 1.29 is 31.6 Å². The average Bonchev–Trinajstić information content (AvgIpc) is 3.11. The second-order valence-electron chi connectivity index (χ2n) is 6.60. The molecule has 2 aromatic carbocycles. The number of nitrogens with zero attached hydrogens (tertiary/aromatic N) is 4. The summed E-state index contributed by atoms with van der Waals surface area (Å²) >= 11 is 1.59. The fourth-order valence-corrected chi connectivity index (χ4v) is 3.89. The first kappa shape index (κ1) is 26.6. The van der Waals surface area contributed by atoms with Crippen molar-refractivity contribution in [2.24, 2.45) is 17.3 Å². The molecule has 180 valence electrons. The molecule has 0 unspecified atom stereocenters. The van der Waals surface area contributed by atoms with E-state index in [-0.39, 0.29) is 6.61 Å². The molecule has 0 aliphatic heterocycles. The highest BCUT2D eigenvalue weighted by Gasteiger charge is 2.16. The zero-order valence-corrected chi connectivity index (χ0v) is 20.6. The zero-order chi connectivity index (χ0) is 24.4. The molecule has 0 saturated carbocycles. The Morgan fingerprint density at radius 3 is 2.36 bits per heavy atom. The fourth-order valence-electron chi connectivity index (χ4n) is 2.89. The Kier molecular flexibility index (Phi) is 10.1. The maximum atomic E-state index is 9.22. The molecule has 1 aromatic heterocycles. The maximum absolute atomic E-state index is 9.22. The van der Waals surface area contributed by atoms with Crippen LogP contribution in [0.3, 0.4) is 0 Å². The molecule has 3 rings (SSSR count). The van der Waals surface area contributed by atoms with Crippen molar-refractivity contribution in [3.05, 3.63) is 42.5 Å². The molecule has 0 saturated heterocycles. The molecule has 0 aliphatic rings. The number of anilines is 1. The lowest BCUT2D eigenvalue weighted by molar-refractivity contribution is -0.627. The number of benzene rings is 2. The van der Waals surface area contributed by atoms with E-state index in [9.17, 15) is 13.0 Å². The number of rotatable bonds is 9. The third-order valence-electron chi connectivity index (χ3n) is 4.51. The van der Waals surface area contributed by atoms with E-state index >= 15 is 0 Å². The van der Waals surface area contributed by atoms with Crippen LogP contribution in [0, 0.1) is 0 Å². The minimum atomic E-state index is -4.41. The number of thiazole rings is 1. The van der Waals surface area contributed by atoms with E-state index in [1.165, 1.54) is 0 Å². The standard InChI is InChI=1S/C20H25N4O2S.CH4O4S/c1-4-24(12-13-25)16-8-6-15(7-9-16)21-22-20-23(3)18-11-10-17(26-5-2)14-19(18)27-20;1-5-6(2,3)4/h6-11,14,25H,4-5,12-13H2,1-3H3;1H3,(H,2,3,4)/q+1;/p-1. The molecule has 0 aliphatic carbocycles. The molecule has 33 heavy (non-hydrogen) atoms. The molecule has 0 bridgehead atoms. The lowest BCUT2D eigenvalue weighted by Gasteiger charge is -2.21. The van der Waals surface area contributed by atoms with Crippen molar-refractivity contribution in [1.29, 1.82) is 0 Å². The first-order valence-electron chi connectivity index (χ1n) is 10.2. The summed E-state index contributed by atoms with van der Waals surface area (Å²) in [7, 11) is -1.61. The molecule has 0 radical (unpaired) electrons. The number of aryl methyl sites for hydroxylation is 1. The van der Waals surface area contributed by atoms with Crippen LogP contribution in [-0.2, 0) is 21.6 Å². The van der Waals surface area contributed by atoms with Gasteiger partial charge in [-0.3, -0.25) is 4.18 Å². The smallest absolute Gasteiger partial charge is 0.409 e. The first-order chi connectivity index (χ1) is 15.7. The summed E-state index contributed by atoms with van der Waals surface area (Å²) in [5.74, 6) is 0.870. The van der Waals surface area contributed by atoms with Crippen LogP contribution in [0.1, 0.15) is 13.8 Å². The first-order valence-corrected chi connectivity index (χ1v) is 12.3. The zero-order valence-electron chi connectivity index (χ0n) is 19.0. The molecule has 12 heteroatoms. The highest BCUT2D eigenvalue weighted by atomic mass is 32.3. The van der Waals surface area contributed by atoms with Crippen LogP contribution in [0.2, 0.25) is 0 Å². The minimum Gasteiger partial charge on any atom is -0.726 e. The van der Waals surface area contributed by atoms with Crippen molar-refractivity contribution in [3.63, 3.8) is 0 Å². The van der Waals surface area contributed by atoms with Gasteiger partial charge in [-0.25, -0.2) is 13.0 Å². The van der Waals surface area contributed by atoms with Crippen LogP contribution in [-0.4, -0.2) is 51.5 Å². The van der Waals surface area contributed by atoms with Crippen LogP contribution in [0.15, 0.2) is 52.7 Å². The van der Waals surface area contributed by atoms with E-state index < -0.39 is 10.4 Å². The van der Waals surface area contributed by atoms with Crippen molar-refractivity contribution in [2.45, 2.75) is 13.8 Å². The third-order valence-corrected chi connectivity index (χ3v) is 6.01. The van der Waals surface area contributed by atoms with Gasteiger partial charge in [0.05, 0.1) is 37.2 Å². The number of hydrogen-bond acceptors (Lipinski definition) is 10. The summed E-state index contributed by atoms with van der Waals surface area (Å²) in [6.45, 7) is 6.32. The molecule has 10 nitrogen and oxygen atoms in total. The van der Waals surface area contributed by atoms with Gasteiger partial charge in [0.2, 0.25) is 10.4 Å². The SMILES string of the molecule is CCOc1ccc2c(c1)sc(N=Nc1ccc(N(CC)CCO)cc1)[n+]2C.COS(=O)(=O)[O-]. The van der Waals surface area contributed by atoms with E-state index in [1.807, 2.05) is 61.0 Å². The van der Waals surface area contributed by atoms with Crippen LogP contribution < -0.4 is 14.2 Å². The van der Waals surface area contributed by atoms with Crippen LogP contribution in [0.25, 0.3) is 10.2 Å². The van der Waals surface area contributed by atoms with E-state index in [0.29, 0.717) is 13.2 Å². The Hall–Kier alpha value is -2.64. The van der Waals surface area contributed by atoms with E-state index in [2.05, 4.69) is 26.2 Å². The summed E-state index contributed by atoms with van der Waals surface area (Å²) < 4.78 is 39.8. The van der Waals surface area contributed by atoms with E-state index in [0.717, 1.165) is 46.1 Å². The normalized spacial score (nSPS) is 11.5. The Morgan fingerprint density at radius 1 is 1.15 bits per heavy atom. The second kappa shape index (κ2) is 12.6. The number of aliphatic hydroxyl groups is 1. The molecular formula is C21H28N4O6S2. The average molecular weight is 497 g/mol. The Morgan fingerprint density at radius 2 is 1.82 bits per heavy atom. The van der Waals surface area contributed by atoms with Gasteiger partial charge in [0, 0.05) is 24.8 Å². The molecular weight excluding hydrogens is 468 g/mol. The number of fused-ring (bicyclic) bond motifs is 1. The van der Waals surface area contributed by atoms with Gasteiger partial charge in [-0.1, -0.05) is 0 Å². The fraction of sp³-hybridized carbons (Fsp3) is 0.381. The van der Waals surface area contributed by atoms with Crippen LogP contribution in [0.4, 0.5) is 16.5 Å². The molecule has 3 aromatic rings. The van der Waals surface area contributed by atoms with Gasteiger partial charge >= 0.3 is 5.13 Å². The number of ether oxygens (including phenoxy) is 1.